The Balaban J connectivity index is 2.45. The molecule has 0 aromatic carbocycles. The lowest BCUT2D eigenvalue weighted by Crippen LogP contribution is -2.52. The highest BCUT2D eigenvalue weighted by molar-refractivity contribution is 5.35. The van der Waals surface area contributed by atoms with Gasteiger partial charge in [0.05, 0.1) is 5.60 Å². The van der Waals surface area contributed by atoms with Crippen LogP contribution in [0.25, 0.3) is 0 Å². The molecule has 0 heterocycles. The van der Waals surface area contributed by atoms with Gasteiger partial charge in [0.1, 0.15) is 0 Å². The van der Waals surface area contributed by atoms with Crippen LogP contribution < -0.4 is 0 Å². The van der Waals surface area contributed by atoms with Crippen LogP contribution in [0.5, 0.6) is 0 Å². The third kappa shape index (κ3) is 1.62. The largest absolute Gasteiger partial charge is 0.373 e. The summed E-state index contributed by atoms with van der Waals surface area (Å²) in [5.74, 6) is 0.715. The van der Waals surface area contributed by atoms with E-state index in [1.807, 2.05) is 7.11 Å². The Labute approximate surface area is 106 Å². The molecular formula is C16H26O. The second kappa shape index (κ2) is 4.61. The third-order valence-corrected chi connectivity index (χ3v) is 5.18. The van der Waals surface area contributed by atoms with Crippen molar-refractivity contribution in [2.45, 2.75) is 58.5 Å². The van der Waals surface area contributed by atoms with Crippen LogP contribution in [0, 0.1) is 11.3 Å². The van der Waals surface area contributed by atoms with E-state index < -0.39 is 0 Å². The molecule has 0 saturated heterocycles. The SMILES string of the molecule is CC/C=C/[C@@]12CC=C(C)C1(OC)CCC[C@@H]2C. The van der Waals surface area contributed by atoms with E-state index >= 15 is 0 Å². The van der Waals surface area contributed by atoms with Crippen molar-refractivity contribution in [3.8, 4) is 0 Å². The average molecular weight is 234 g/mol. The van der Waals surface area contributed by atoms with Gasteiger partial charge in [-0.2, -0.15) is 0 Å². The van der Waals surface area contributed by atoms with Crippen LogP contribution in [0.3, 0.4) is 0 Å². The summed E-state index contributed by atoms with van der Waals surface area (Å²) in [5.41, 5.74) is 1.66. The summed E-state index contributed by atoms with van der Waals surface area (Å²) in [5, 5.41) is 0. The molecule has 0 aliphatic heterocycles. The lowest BCUT2D eigenvalue weighted by Gasteiger charge is -2.52. The molecule has 1 nitrogen and oxygen atoms in total. The zero-order valence-electron chi connectivity index (χ0n) is 11.8. The Hall–Kier alpha value is -0.560. The summed E-state index contributed by atoms with van der Waals surface area (Å²) in [4.78, 5) is 0. The highest BCUT2D eigenvalue weighted by Gasteiger charge is 2.58. The fourth-order valence-corrected chi connectivity index (χ4v) is 4.11. The molecule has 0 N–H and O–H groups in total. The van der Waals surface area contributed by atoms with Gasteiger partial charge in [-0.15, -0.1) is 0 Å². The predicted octanol–water partition coefficient (Wildman–Crippen LogP) is 4.49. The quantitative estimate of drug-likeness (QED) is 0.654. The number of hydrogen-bond acceptors (Lipinski definition) is 1. The van der Waals surface area contributed by atoms with Gasteiger partial charge in [0.15, 0.2) is 0 Å². The van der Waals surface area contributed by atoms with E-state index in [0.717, 1.165) is 12.8 Å². The number of fused-ring (bicyclic) bond motifs is 1. The number of allylic oxidation sites excluding steroid dienone is 2. The van der Waals surface area contributed by atoms with Gasteiger partial charge in [0.25, 0.3) is 0 Å². The number of rotatable bonds is 3. The van der Waals surface area contributed by atoms with Gasteiger partial charge in [-0.3, -0.25) is 0 Å². The minimum atomic E-state index is -0.0175. The Morgan fingerprint density at radius 3 is 2.94 bits per heavy atom. The normalized spacial score (nSPS) is 41.6. The maximum atomic E-state index is 6.07. The predicted molar refractivity (Wildman–Crippen MR) is 73.0 cm³/mol. The van der Waals surface area contributed by atoms with Crippen molar-refractivity contribution in [1.29, 1.82) is 0 Å². The van der Waals surface area contributed by atoms with E-state index in [-0.39, 0.29) is 11.0 Å². The molecule has 2 aliphatic rings. The molecule has 2 aliphatic carbocycles. The first-order chi connectivity index (χ1) is 8.13. The standard InChI is InChI=1S/C16H26O/c1-5-6-10-15-12-9-14(3)16(15,17-4)11-7-8-13(15)2/h6,9-10,13H,5,7-8,11-12H2,1-4H3/b10-6+/t13-,15-,16?/m0/s1. The third-order valence-electron chi connectivity index (χ3n) is 5.18. The zero-order valence-corrected chi connectivity index (χ0v) is 11.8. The Morgan fingerprint density at radius 2 is 2.29 bits per heavy atom. The average Bonchev–Trinajstić information content (AvgIpc) is 2.63. The second-order valence-electron chi connectivity index (χ2n) is 5.77. The van der Waals surface area contributed by atoms with Gasteiger partial charge >= 0.3 is 0 Å². The molecule has 1 unspecified atom stereocenters. The molecule has 0 amide bonds. The van der Waals surface area contributed by atoms with Crippen molar-refractivity contribution in [3.63, 3.8) is 0 Å². The molecule has 0 bridgehead atoms. The van der Waals surface area contributed by atoms with Crippen molar-refractivity contribution in [2.24, 2.45) is 11.3 Å². The Morgan fingerprint density at radius 1 is 1.53 bits per heavy atom. The minimum absolute atomic E-state index is 0.0175. The van der Waals surface area contributed by atoms with E-state index in [1.54, 1.807) is 0 Å². The summed E-state index contributed by atoms with van der Waals surface area (Å²) in [6.07, 6.45) is 13.3. The van der Waals surface area contributed by atoms with Crippen molar-refractivity contribution >= 4 is 0 Å². The molecule has 0 aromatic rings. The molecule has 1 fully saturated rings. The van der Waals surface area contributed by atoms with Crippen molar-refractivity contribution in [3.05, 3.63) is 23.8 Å². The lowest BCUT2D eigenvalue weighted by atomic mass is 9.57. The molecule has 0 radical (unpaired) electrons. The van der Waals surface area contributed by atoms with Crippen LogP contribution in [0.1, 0.15) is 52.9 Å². The fraction of sp³-hybridized carbons (Fsp3) is 0.750. The van der Waals surface area contributed by atoms with Gasteiger partial charge in [-0.25, -0.2) is 0 Å². The van der Waals surface area contributed by atoms with Crippen molar-refractivity contribution < 1.29 is 4.74 Å². The lowest BCUT2D eigenvalue weighted by molar-refractivity contribution is -0.102. The fourth-order valence-electron chi connectivity index (χ4n) is 4.11. The van der Waals surface area contributed by atoms with E-state index in [2.05, 4.69) is 39.0 Å². The molecule has 96 valence electrons. The van der Waals surface area contributed by atoms with Crippen LogP contribution in [-0.4, -0.2) is 12.7 Å². The first-order valence-corrected chi connectivity index (χ1v) is 7.03. The monoisotopic (exact) mass is 234 g/mol. The first-order valence-electron chi connectivity index (χ1n) is 7.03. The number of methoxy groups -OCH3 is 1. The number of ether oxygens (including phenoxy) is 1. The van der Waals surface area contributed by atoms with E-state index in [0.29, 0.717) is 5.92 Å². The van der Waals surface area contributed by atoms with E-state index in [1.165, 1.54) is 24.8 Å². The second-order valence-corrected chi connectivity index (χ2v) is 5.77. The Bertz CT molecular complexity index is 341. The van der Waals surface area contributed by atoms with E-state index in [4.69, 9.17) is 4.74 Å². The maximum Gasteiger partial charge on any atom is 0.0980 e. The smallest absolute Gasteiger partial charge is 0.0980 e. The topological polar surface area (TPSA) is 9.23 Å². The summed E-state index contributed by atoms with van der Waals surface area (Å²) in [7, 11) is 1.90. The number of hydrogen-bond donors (Lipinski definition) is 0. The molecule has 17 heavy (non-hydrogen) atoms. The van der Waals surface area contributed by atoms with Gasteiger partial charge in [-0.05, 0) is 50.5 Å². The van der Waals surface area contributed by atoms with Crippen molar-refractivity contribution in [2.75, 3.05) is 7.11 Å². The van der Waals surface area contributed by atoms with Crippen LogP contribution in [0.15, 0.2) is 23.8 Å². The van der Waals surface area contributed by atoms with Crippen LogP contribution in [0.2, 0.25) is 0 Å². The maximum absolute atomic E-state index is 6.07. The molecule has 1 saturated carbocycles. The molecule has 2 rings (SSSR count). The molecule has 0 aromatic heterocycles. The molecular weight excluding hydrogens is 208 g/mol. The minimum Gasteiger partial charge on any atom is -0.373 e. The summed E-state index contributed by atoms with van der Waals surface area (Å²) in [6, 6.07) is 0. The first kappa shape index (κ1) is 12.9. The van der Waals surface area contributed by atoms with Crippen LogP contribution >= 0.6 is 0 Å². The van der Waals surface area contributed by atoms with Crippen LogP contribution in [-0.2, 0) is 4.74 Å². The molecule has 1 heteroatoms. The summed E-state index contributed by atoms with van der Waals surface area (Å²) >= 11 is 0. The van der Waals surface area contributed by atoms with Crippen LogP contribution in [0.4, 0.5) is 0 Å². The van der Waals surface area contributed by atoms with Gasteiger partial charge in [0.2, 0.25) is 0 Å². The van der Waals surface area contributed by atoms with E-state index in [9.17, 15) is 0 Å². The highest BCUT2D eigenvalue weighted by Crippen LogP contribution is 2.60. The van der Waals surface area contributed by atoms with Gasteiger partial charge < -0.3 is 4.74 Å². The molecule has 3 atom stereocenters. The Kier molecular flexibility index (Phi) is 3.49. The highest BCUT2D eigenvalue weighted by atomic mass is 16.5. The zero-order chi connectivity index (χ0) is 12.5. The van der Waals surface area contributed by atoms with Gasteiger partial charge in [0, 0.05) is 12.5 Å². The van der Waals surface area contributed by atoms with Crippen molar-refractivity contribution in [1.82, 2.24) is 0 Å². The summed E-state index contributed by atoms with van der Waals surface area (Å²) in [6.45, 7) is 6.87. The molecule has 0 spiro atoms. The summed E-state index contributed by atoms with van der Waals surface area (Å²) < 4.78 is 6.07. The van der Waals surface area contributed by atoms with Gasteiger partial charge in [-0.1, -0.05) is 32.1 Å².